The van der Waals surface area contributed by atoms with E-state index in [1.807, 2.05) is 20.8 Å². The maximum Gasteiger partial charge on any atom is 0.438 e. The quantitative estimate of drug-likeness (QED) is 0.169. The molecule has 1 saturated heterocycles. The third-order valence-corrected chi connectivity index (χ3v) is 8.41. The van der Waals surface area contributed by atoms with Gasteiger partial charge in [-0.3, -0.25) is 14.4 Å². The van der Waals surface area contributed by atoms with E-state index in [2.05, 4.69) is 15.2 Å². The van der Waals surface area contributed by atoms with Gasteiger partial charge in [0, 0.05) is 50.3 Å². The maximum absolute atomic E-state index is 14.3. The summed E-state index contributed by atoms with van der Waals surface area (Å²) in [5.41, 5.74) is 2.51. The summed E-state index contributed by atoms with van der Waals surface area (Å²) in [4.78, 5) is 70.9. The standard InChI is InChI=1S/C36H46N4O10/c1-8-29(34(44)45)50-31-26(36(4,5)6)14-22(15-27(31)39-12-10-11-13-39)28(42)19-40-18-23-16-30(47-9-2)25(33(43)37-7)17-24(23)32(40)38-35(46)49-20-48-21(3)41/h14-17,29H,8-13,18-20H2,1-7H3,(H,37,43)(H,44,45)/b38-32-. The second kappa shape index (κ2) is 16.0. The van der Waals surface area contributed by atoms with E-state index in [-0.39, 0.29) is 36.7 Å². The third-order valence-electron chi connectivity index (χ3n) is 8.41. The molecule has 2 aliphatic heterocycles. The van der Waals surface area contributed by atoms with E-state index in [1.165, 1.54) is 14.0 Å². The summed E-state index contributed by atoms with van der Waals surface area (Å²) < 4.78 is 21.7. The fourth-order valence-electron chi connectivity index (χ4n) is 5.91. The van der Waals surface area contributed by atoms with Gasteiger partial charge in [0.05, 0.1) is 24.4 Å². The fraction of sp³-hybridized carbons (Fsp3) is 0.500. The molecule has 4 rings (SSSR count). The van der Waals surface area contributed by atoms with Crippen molar-refractivity contribution in [3.63, 3.8) is 0 Å². The number of aliphatic carboxylic acids is 1. The lowest BCUT2D eigenvalue weighted by Gasteiger charge is -2.31. The third kappa shape index (κ3) is 8.71. The number of carboxylic acid groups (broad SMARTS) is 1. The molecule has 14 nitrogen and oxygen atoms in total. The van der Waals surface area contributed by atoms with Crippen LogP contribution in [-0.4, -0.2) is 91.8 Å². The molecule has 2 aliphatic rings. The van der Waals surface area contributed by atoms with E-state index in [9.17, 15) is 29.1 Å². The summed E-state index contributed by atoms with van der Waals surface area (Å²) in [6, 6.07) is 6.74. The van der Waals surface area contributed by atoms with Crippen LogP contribution in [-0.2, 0) is 31.0 Å². The molecule has 1 fully saturated rings. The first-order valence-corrected chi connectivity index (χ1v) is 16.7. The first kappa shape index (κ1) is 37.7. The maximum atomic E-state index is 14.3. The van der Waals surface area contributed by atoms with Crippen LogP contribution in [0.15, 0.2) is 29.3 Å². The number of rotatable bonds is 13. The molecule has 2 aromatic carbocycles. The zero-order valence-corrected chi connectivity index (χ0v) is 29.7. The van der Waals surface area contributed by atoms with Crippen molar-refractivity contribution in [2.75, 3.05) is 45.0 Å². The van der Waals surface area contributed by atoms with Crippen molar-refractivity contribution in [2.24, 2.45) is 4.99 Å². The second-order valence-electron chi connectivity index (χ2n) is 13.1. The number of amidine groups is 1. The first-order valence-electron chi connectivity index (χ1n) is 16.7. The van der Waals surface area contributed by atoms with Crippen LogP contribution in [0.1, 0.15) is 98.2 Å². The highest BCUT2D eigenvalue weighted by Crippen LogP contribution is 2.42. The normalized spacial score (nSPS) is 15.4. The van der Waals surface area contributed by atoms with Crippen molar-refractivity contribution in [1.82, 2.24) is 10.2 Å². The molecule has 14 heteroatoms. The molecule has 0 saturated carbocycles. The Balaban J connectivity index is 1.79. The predicted molar refractivity (Wildman–Crippen MR) is 184 cm³/mol. The Morgan fingerprint density at radius 1 is 1.02 bits per heavy atom. The van der Waals surface area contributed by atoms with Crippen molar-refractivity contribution in [2.45, 2.75) is 78.9 Å². The van der Waals surface area contributed by atoms with Crippen LogP contribution in [0.4, 0.5) is 10.5 Å². The summed E-state index contributed by atoms with van der Waals surface area (Å²) in [6.07, 6.45) is 0.0214. The number of nitrogens with one attached hydrogen (secondary N) is 1. The molecule has 0 bridgehead atoms. The SMILES string of the molecule is CCOc1cc2c(cc1C(=O)NC)/C(=N/C(=O)OCOC(C)=O)N(CC(=O)c1cc(N3CCCC3)c(OC(CC)C(=O)O)c(C(C)(C)C)c1)C2. The molecule has 50 heavy (non-hydrogen) atoms. The molecule has 2 heterocycles. The number of ether oxygens (including phenoxy) is 4. The number of hydrogen-bond donors (Lipinski definition) is 2. The molecule has 0 radical (unpaired) electrons. The van der Waals surface area contributed by atoms with E-state index >= 15 is 0 Å². The molecule has 2 N–H and O–H groups in total. The molecular weight excluding hydrogens is 648 g/mol. The Labute approximate surface area is 291 Å². The van der Waals surface area contributed by atoms with Gasteiger partial charge in [0.1, 0.15) is 17.3 Å². The number of carboxylic acids is 1. The minimum atomic E-state index is -1.07. The number of aliphatic imine (C=N–C) groups is 1. The molecule has 2 aromatic rings. The summed E-state index contributed by atoms with van der Waals surface area (Å²) in [5, 5.41) is 12.4. The van der Waals surface area contributed by atoms with Crippen molar-refractivity contribution < 1.29 is 48.0 Å². The molecule has 1 atom stereocenters. The lowest BCUT2D eigenvalue weighted by Crippen LogP contribution is -2.33. The highest BCUT2D eigenvalue weighted by molar-refractivity contribution is 6.11. The Morgan fingerprint density at radius 2 is 1.72 bits per heavy atom. The Morgan fingerprint density at radius 3 is 2.30 bits per heavy atom. The lowest BCUT2D eigenvalue weighted by atomic mass is 9.84. The molecule has 0 aliphatic carbocycles. The zero-order valence-electron chi connectivity index (χ0n) is 29.7. The highest BCUT2D eigenvalue weighted by atomic mass is 16.7. The van der Waals surface area contributed by atoms with Gasteiger partial charge in [-0.15, -0.1) is 0 Å². The van der Waals surface area contributed by atoms with Gasteiger partial charge in [-0.05, 0) is 61.4 Å². The largest absolute Gasteiger partial charge is 0.493 e. The van der Waals surface area contributed by atoms with Gasteiger partial charge >= 0.3 is 18.0 Å². The van der Waals surface area contributed by atoms with E-state index in [0.29, 0.717) is 46.0 Å². The monoisotopic (exact) mass is 694 g/mol. The summed E-state index contributed by atoms with van der Waals surface area (Å²) in [7, 11) is 1.49. The Bertz CT molecular complexity index is 1670. The van der Waals surface area contributed by atoms with Crippen LogP contribution in [0.5, 0.6) is 11.5 Å². The average molecular weight is 695 g/mol. The number of amides is 2. The van der Waals surface area contributed by atoms with Crippen molar-refractivity contribution in [1.29, 1.82) is 0 Å². The van der Waals surface area contributed by atoms with Gasteiger partial charge in [0.2, 0.25) is 6.79 Å². The number of anilines is 1. The van der Waals surface area contributed by atoms with Gasteiger partial charge in [-0.1, -0.05) is 27.7 Å². The van der Waals surface area contributed by atoms with Gasteiger partial charge < -0.3 is 39.2 Å². The molecule has 0 aromatic heterocycles. The van der Waals surface area contributed by atoms with Crippen molar-refractivity contribution in [3.05, 3.63) is 52.1 Å². The molecule has 2 amide bonds. The predicted octanol–water partition coefficient (Wildman–Crippen LogP) is 4.69. The Kier molecular flexibility index (Phi) is 12.1. The van der Waals surface area contributed by atoms with Crippen LogP contribution in [0.2, 0.25) is 0 Å². The first-order chi connectivity index (χ1) is 23.7. The number of esters is 1. The molecule has 0 spiro atoms. The number of Topliss-reactive ketones (excluding diaryl/α,β-unsaturated/α-hetero) is 1. The molecular formula is C36H46N4O10. The summed E-state index contributed by atoms with van der Waals surface area (Å²) in [5.74, 6) is -1.55. The number of benzene rings is 2. The van der Waals surface area contributed by atoms with Gasteiger partial charge in [-0.25, -0.2) is 9.59 Å². The second-order valence-corrected chi connectivity index (χ2v) is 13.1. The number of carbonyl (C=O) groups is 5. The van der Waals surface area contributed by atoms with E-state index < -0.39 is 42.3 Å². The smallest absolute Gasteiger partial charge is 0.438 e. The average Bonchev–Trinajstić information content (AvgIpc) is 3.70. The van der Waals surface area contributed by atoms with E-state index in [1.54, 1.807) is 43.0 Å². The van der Waals surface area contributed by atoms with Crippen LogP contribution in [0, 0.1) is 0 Å². The minimum Gasteiger partial charge on any atom is -0.493 e. The summed E-state index contributed by atoms with van der Waals surface area (Å²) in [6.45, 7) is 11.7. The van der Waals surface area contributed by atoms with Gasteiger partial charge in [-0.2, -0.15) is 4.99 Å². The van der Waals surface area contributed by atoms with Crippen LogP contribution < -0.4 is 19.7 Å². The topological polar surface area (TPSA) is 173 Å². The van der Waals surface area contributed by atoms with Gasteiger partial charge in [0.25, 0.3) is 5.91 Å². The van der Waals surface area contributed by atoms with Gasteiger partial charge in [0.15, 0.2) is 11.9 Å². The molecule has 270 valence electrons. The highest BCUT2D eigenvalue weighted by Gasteiger charge is 2.34. The van der Waals surface area contributed by atoms with Crippen LogP contribution in [0.3, 0.4) is 0 Å². The minimum absolute atomic E-state index is 0.0948. The number of nitrogens with zero attached hydrogens (tertiary/aromatic N) is 3. The van der Waals surface area contributed by atoms with E-state index in [0.717, 1.165) is 25.9 Å². The zero-order chi connectivity index (χ0) is 36.7. The number of ketones is 1. The van der Waals surface area contributed by atoms with Crippen molar-refractivity contribution >= 4 is 41.2 Å². The molecule has 1 unspecified atom stereocenters. The van der Waals surface area contributed by atoms with E-state index in [4.69, 9.17) is 18.9 Å². The van der Waals surface area contributed by atoms with Crippen LogP contribution in [0.25, 0.3) is 0 Å². The lowest BCUT2D eigenvalue weighted by molar-refractivity contribution is -0.149. The fourth-order valence-corrected chi connectivity index (χ4v) is 5.91. The van der Waals surface area contributed by atoms with Crippen LogP contribution >= 0.6 is 0 Å². The Hall–Kier alpha value is -5.14. The summed E-state index contributed by atoms with van der Waals surface area (Å²) >= 11 is 0. The number of carbonyl (C=O) groups excluding carboxylic acids is 4. The number of hydrogen-bond acceptors (Lipinski definition) is 10. The number of fused-ring (bicyclic) bond motifs is 1. The van der Waals surface area contributed by atoms with Crippen molar-refractivity contribution in [3.8, 4) is 11.5 Å².